The fraction of sp³-hybridized carbons (Fsp3) is 0.364. The second-order valence-electron chi connectivity index (χ2n) is 7.48. The third-order valence-corrected chi connectivity index (χ3v) is 5.75. The van der Waals surface area contributed by atoms with Gasteiger partial charge in [-0.1, -0.05) is 36.4 Å². The maximum atomic E-state index is 13.2. The van der Waals surface area contributed by atoms with Gasteiger partial charge in [-0.2, -0.15) is 0 Å². The van der Waals surface area contributed by atoms with Crippen molar-refractivity contribution in [3.63, 3.8) is 0 Å². The fourth-order valence-corrected chi connectivity index (χ4v) is 4.30. The minimum absolute atomic E-state index is 0. The van der Waals surface area contributed by atoms with Crippen LogP contribution in [-0.4, -0.2) is 60.2 Å². The van der Waals surface area contributed by atoms with Crippen molar-refractivity contribution in [2.45, 2.75) is 31.0 Å². The molecule has 2 amide bonds. The van der Waals surface area contributed by atoms with E-state index in [9.17, 15) is 9.59 Å². The summed E-state index contributed by atoms with van der Waals surface area (Å²) in [4.78, 5) is 29.1. The molecule has 4 rings (SSSR count). The topological polar surface area (TPSA) is 96.1 Å². The maximum Gasteiger partial charge on any atom is 0.250 e. The van der Waals surface area contributed by atoms with Gasteiger partial charge in [0, 0.05) is 13.2 Å². The van der Waals surface area contributed by atoms with E-state index in [1.165, 1.54) is 0 Å². The molecule has 2 heterocycles. The summed E-state index contributed by atoms with van der Waals surface area (Å²) >= 11 is 0. The highest BCUT2D eigenvalue weighted by molar-refractivity contribution is 6.05. The fourth-order valence-electron chi connectivity index (χ4n) is 4.30. The Balaban J connectivity index is 0.00000256. The molecule has 2 aliphatic heterocycles. The first-order valence-corrected chi connectivity index (χ1v) is 9.78. The van der Waals surface area contributed by atoms with Crippen molar-refractivity contribution in [3.05, 3.63) is 48.5 Å². The number of halogens is 1. The van der Waals surface area contributed by atoms with E-state index in [1.54, 1.807) is 16.9 Å². The molecule has 3 atom stereocenters. The van der Waals surface area contributed by atoms with Gasteiger partial charge < -0.3 is 25.4 Å². The monoisotopic (exact) mass is 431 g/mol. The molecule has 2 aliphatic rings. The molecule has 0 spiro atoms. The van der Waals surface area contributed by atoms with Crippen LogP contribution in [0.15, 0.2) is 48.5 Å². The lowest BCUT2D eigenvalue weighted by Gasteiger charge is -2.35. The number of carbonyl (C=O) groups excluding carboxylic acids is 2. The summed E-state index contributed by atoms with van der Waals surface area (Å²) in [6.07, 6.45) is 0.771. The molecule has 0 aromatic heterocycles. The normalized spacial score (nSPS) is 20.8. The van der Waals surface area contributed by atoms with Gasteiger partial charge in [0.1, 0.15) is 11.8 Å². The first-order chi connectivity index (χ1) is 14.0. The standard InChI is InChI=1S/C22H25N3O4.ClH/c1-29-20-8-7-15(14-5-3-2-4-6-14)11-18(20)25-16-12-19(22(25)28)24(13-16)21(27)17(23)9-10-26;/h2-8,11,16-17,19,26H,9-10,12-13,23H2,1H3;1H/t16-,17-,19-;/m0./s1. The Morgan fingerprint density at radius 3 is 2.60 bits per heavy atom. The smallest absolute Gasteiger partial charge is 0.250 e. The highest BCUT2D eigenvalue weighted by atomic mass is 35.5. The second-order valence-corrected chi connectivity index (χ2v) is 7.48. The molecule has 2 bridgehead atoms. The summed E-state index contributed by atoms with van der Waals surface area (Å²) in [5.74, 6) is 0.235. The predicted molar refractivity (Wildman–Crippen MR) is 117 cm³/mol. The molecule has 160 valence electrons. The molecule has 2 aromatic rings. The third kappa shape index (κ3) is 3.76. The Morgan fingerprint density at radius 2 is 1.97 bits per heavy atom. The van der Waals surface area contributed by atoms with Gasteiger partial charge in [0.2, 0.25) is 11.8 Å². The number of fused-ring (bicyclic) bond motifs is 2. The van der Waals surface area contributed by atoms with Crippen molar-refractivity contribution in [3.8, 4) is 16.9 Å². The van der Waals surface area contributed by atoms with E-state index in [2.05, 4.69) is 0 Å². The molecule has 2 aromatic carbocycles. The average Bonchev–Trinajstić information content (AvgIpc) is 3.31. The molecule has 7 nitrogen and oxygen atoms in total. The second kappa shape index (κ2) is 9.04. The Bertz CT molecular complexity index is 924. The van der Waals surface area contributed by atoms with E-state index in [0.717, 1.165) is 16.8 Å². The number of hydrogen-bond donors (Lipinski definition) is 2. The predicted octanol–water partition coefficient (Wildman–Crippen LogP) is 1.81. The van der Waals surface area contributed by atoms with Crippen molar-refractivity contribution in [2.75, 3.05) is 25.2 Å². The lowest BCUT2D eigenvalue weighted by Crippen LogP contribution is -2.56. The zero-order valence-electron chi connectivity index (χ0n) is 16.7. The Hall–Kier alpha value is -2.61. The van der Waals surface area contributed by atoms with Crippen LogP contribution in [0.25, 0.3) is 11.1 Å². The van der Waals surface area contributed by atoms with Crippen molar-refractivity contribution < 1.29 is 19.4 Å². The number of benzene rings is 2. The maximum absolute atomic E-state index is 13.2. The number of rotatable bonds is 6. The van der Waals surface area contributed by atoms with Crippen LogP contribution in [0.4, 0.5) is 5.69 Å². The van der Waals surface area contributed by atoms with Crippen molar-refractivity contribution >= 4 is 29.9 Å². The third-order valence-electron chi connectivity index (χ3n) is 5.75. The van der Waals surface area contributed by atoms with E-state index in [4.69, 9.17) is 15.6 Å². The Kier molecular flexibility index (Phi) is 6.65. The average molecular weight is 432 g/mol. The Labute approximate surface area is 181 Å². The molecule has 2 fully saturated rings. The number of likely N-dealkylation sites (tertiary alicyclic amines) is 1. The number of ether oxygens (including phenoxy) is 1. The van der Waals surface area contributed by atoms with Crippen LogP contribution in [0.2, 0.25) is 0 Å². The molecular formula is C22H26ClN3O4. The summed E-state index contributed by atoms with van der Waals surface area (Å²) in [5.41, 5.74) is 8.64. The van der Waals surface area contributed by atoms with Gasteiger partial charge in [-0.25, -0.2) is 0 Å². The van der Waals surface area contributed by atoms with E-state index in [-0.39, 0.29) is 43.3 Å². The molecule has 8 heteroatoms. The van der Waals surface area contributed by atoms with Crippen LogP contribution in [0.3, 0.4) is 0 Å². The first kappa shape index (κ1) is 22.1. The lowest BCUT2D eigenvalue weighted by atomic mass is 10.0. The van der Waals surface area contributed by atoms with Gasteiger partial charge in [-0.3, -0.25) is 9.59 Å². The number of nitrogens with two attached hydrogens (primary N) is 1. The number of methoxy groups -OCH3 is 1. The number of piperazine rings is 1. The van der Waals surface area contributed by atoms with Crippen molar-refractivity contribution in [2.24, 2.45) is 5.73 Å². The lowest BCUT2D eigenvalue weighted by molar-refractivity contribution is -0.139. The summed E-state index contributed by atoms with van der Waals surface area (Å²) in [6.45, 7) is 0.283. The highest BCUT2D eigenvalue weighted by Crippen LogP contribution is 2.41. The van der Waals surface area contributed by atoms with Crippen LogP contribution >= 0.6 is 12.4 Å². The zero-order valence-corrected chi connectivity index (χ0v) is 17.5. The van der Waals surface area contributed by atoms with Gasteiger partial charge in [0.25, 0.3) is 0 Å². The Morgan fingerprint density at radius 1 is 1.23 bits per heavy atom. The molecule has 0 saturated carbocycles. The molecule has 0 aliphatic carbocycles. The largest absolute Gasteiger partial charge is 0.495 e. The van der Waals surface area contributed by atoms with E-state index >= 15 is 0 Å². The van der Waals surface area contributed by atoms with Gasteiger partial charge in [0.15, 0.2) is 0 Å². The zero-order chi connectivity index (χ0) is 20.5. The van der Waals surface area contributed by atoms with E-state index < -0.39 is 12.1 Å². The van der Waals surface area contributed by atoms with E-state index in [1.807, 2.05) is 48.5 Å². The number of anilines is 1. The highest BCUT2D eigenvalue weighted by Gasteiger charge is 2.52. The van der Waals surface area contributed by atoms with Crippen LogP contribution < -0.4 is 15.4 Å². The summed E-state index contributed by atoms with van der Waals surface area (Å²) in [7, 11) is 1.59. The number of hydrogen-bond acceptors (Lipinski definition) is 5. The van der Waals surface area contributed by atoms with E-state index in [0.29, 0.717) is 18.7 Å². The van der Waals surface area contributed by atoms with Crippen molar-refractivity contribution in [1.82, 2.24) is 4.90 Å². The molecule has 0 radical (unpaired) electrons. The summed E-state index contributed by atoms with van der Waals surface area (Å²) in [5, 5.41) is 9.04. The summed E-state index contributed by atoms with van der Waals surface area (Å²) < 4.78 is 5.53. The molecule has 30 heavy (non-hydrogen) atoms. The molecule has 3 N–H and O–H groups in total. The summed E-state index contributed by atoms with van der Waals surface area (Å²) in [6, 6.07) is 14.4. The number of aliphatic hydroxyl groups is 1. The minimum Gasteiger partial charge on any atom is -0.495 e. The van der Waals surface area contributed by atoms with Crippen LogP contribution in [0.1, 0.15) is 12.8 Å². The molecule has 2 saturated heterocycles. The van der Waals surface area contributed by atoms with Gasteiger partial charge in [-0.05, 0) is 36.1 Å². The quantitative estimate of drug-likeness (QED) is 0.727. The van der Waals surface area contributed by atoms with Gasteiger partial charge >= 0.3 is 0 Å². The van der Waals surface area contributed by atoms with Crippen LogP contribution in [0.5, 0.6) is 5.75 Å². The van der Waals surface area contributed by atoms with Crippen molar-refractivity contribution in [1.29, 1.82) is 0 Å². The molecule has 0 unspecified atom stereocenters. The van der Waals surface area contributed by atoms with Crippen LogP contribution in [-0.2, 0) is 9.59 Å². The SMILES string of the molecule is COc1ccc(-c2ccccc2)cc1N1C(=O)[C@@H]2C[C@H]1CN2C(=O)[C@@H](N)CCO.Cl. The number of nitrogens with zero attached hydrogens (tertiary/aromatic N) is 2. The number of amides is 2. The minimum atomic E-state index is -0.781. The van der Waals surface area contributed by atoms with Crippen LogP contribution in [0, 0.1) is 0 Å². The van der Waals surface area contributed by atoms with Gasteiger partial charge in [-0.15, -0.1) is 12.4 Å². The first-order valence-electron chi connectivity index (χ1n) is 9.78. The van der Waals surface area contributed by atoms with Gasteiger partial charge in [0.05, 0.1) is 24.9 Å². The number of carbonyl (C=O) groups is 2. The molecular weight excluding hydrogens is 406 g/mol. The number of aliphatic hydroxyl groups excluding tert-OH is 1.